The SMILES string of the molecule is COc1ccc(-n2c(SCC(=O)N3CCCC3)nnc2-c2ccco2)cc1. The molecule has 1 amide bonds. The van der Waals surface area contributed by atoms with Crippen molar-refractivity contribution in [1.82, 2.24) is 19.7 Å². The predicted octanol–water partition coefficient (Wildman–Crippen LogP) is 3.25. The van der Waals surface area contributed by atoms with Crippen molar-refractivity contribution < 1.29 is 13.9 Å². The van der Waals surface area contributed by atoms with Gasteiger partial charge in [0.2, 0.25) is 11.7 Å². The highest BCUT2D eigenvalue weighted by Gasteiger charge is 2.22. The summed E-state index contributed by atoms with van der Waals surface area (Å²) in [6.45, 7) is 1.70. The van der Waals surface area contributed by atoms with E-state index in [1.54, 1.807) is 13.4 Å². The molecule has 2 aromatic heterocycles. The highest BCUT2D eigenvalue weighted by atomic mass is 32.2. The summed E-state index contributed by atoms with van der Waals surface area (Å²) >= 11 is 1.39. The number of carbonyl (C=O) groups excluding carboxylic acids is 1. The predicted molar refractivity (Wildman–Crippen MR) is 102 cm³/mol. The molecular weight excluding hydrogens is 364 g/mol. The van der Waals surface area contributed by atoms with E-state index in [-0.39, 0.29) is 5.91 Å². The fourth-order valence-electron chi connectivity index (χ4n) is 3.08. The summed E-state index contributed by atoms with van der Waals surface area (Å²) in [4.78, 5) is 14.3. The molecule has 1 fully saturated rings. The Balaban J connectivity index is 1.63. The highest BCUT2D eigenvalue weighted by molar-refractivity contribution is 7.99. The van der Waals surface area contributed by atoms with Gasteiger partial charge in [-0.05, 0) is 49.2 Å². The van der Waals surface area contributed by atoms with Gasteiger partial charge in [-0.15, -0.1) is 10.2 Å². The normalized spacial score (nSPS) is 13.9. The lowest BCUT2D eigenvalue weighted by molar-refractivity contribution is -0.127. The maximum atomic E-state index is 12.4. The van der Waals surface area contributed by atoms with Crippen LogP contribution in [0.4, 0.5) is 0 Å². The monoisotopic (exact) mass is 384 g/mol. The largest absolute Gasteiger partial charge is 0.497 e. The molecule has 0 atom stereocenters. The summed E-state index contributed by atoms with van der Waals surface area (Å²) in [5.41, 5.74) is 0.878. The lowest BCUT2D eigenvalue weighted by Crippen LogP contribution is -2.29. The van der Waals surface area contributed by atoms with Crippen LogP contribution in [0.1, 0.15) is 12.8 Å². The van der Waals surface area contributed by atoms with E-state index in [0.29, 0.717) is 22.5 Å². The van der Waals surface area contributed by atoms with Crippen molar-refractivity contribution >= 4 is 17.7 Å². The van der Waals surface area contributed by atoms with Crippen LogP contribution in [0.25, 0.3) is 17.3 Å². The van der Waals surface area contributed by atoms with Crippen molar-refractivity contribution in [3.63, 3.8) is 0 Å². The molecule has 0 saturated carbocycles. The molecule has 1 aliphatic heterocycles. The average Bonchev–Trinajstić information content (AvgIpc) is 3.47. The first-order chi connectivity index (χ1) is 13.3. The lowest BCUT2D eigenvalue weighted by Gasteiger charge is -2.15. The van der Waals surface area contributed by atoms with E-state index in [9.17, 15) is 4.79 Å². The number of carbonyl (C=O) groups is 1. The Morgan fingerprint density at radius 3 is 2.63 bits per heavy atom. The molecule has 0 spiro atoms. The maximum absolute atomic E-state index is 12.4. The second kappa shape index (κ2) is 7.87. The van der Waals surface area contributed by atoms with Gasteiger partial charge in [-0.1, -0.05) is 11.8 Å². The molecule has 0 aliphatic carbocycles. The Hall–Kier alpha value is -2.74. The zero-order chi connectivity index (χ0) is 18.6. The quantitative estimate of drug-likeness (QED) is 0.608. The Kier molecular flexibility index (Phi) is 5.15. The molecule has 140 valence electrons. The second-order valence-corrected chi connectivity index (χ2v) is 7.14. The number of furan rings is 1. The molecule has 3 aromatic rings. The molecule has 27 heavy (non-hydrogen) atoms. The van der Waals surface area contributed by atoms with Gasteiger partial charge in [0, 0.05) is 13.1 Å². The van der Waals surface area contributed by atoms with Gasteiger partial charge in [-0.2, -0.15) is 0 Å². The van der Waals surface area contributed by atoms with Gasteiger partial charge in [-0.3, -0.25) is 9.36 Å². The summed E-state index contributed by atoms with van der Waals surface area (Å²) in [6.07, 6.45) is 3.77. The number of methoxy groups -OCH3 is 1. The van der Waals surface area contributed by atoms with Crippen molar-refractivity contribution in [2.75, 3.05) is 26.0 Å². The first kappa shape index (κ1) is 17.7. The topological polar surface area (TPSA) is 73.4 Å². The fraction of sp³-hybridized carbons (Fsp3) is 0.316. The van der Waals surface area contributed by atoms with Gasteiger partial charge >= 0.3 is 0 Å². The van der Waals surface area contributed by atoms with Crippen LogP contribution in [0.2, 0.25) is 0 Å². The number of aromatic nitrogens is 3. The van der Waals surface area contributed by atoms with Gasteiger partial charge in [-0.25, -0.2) is 0 Å². The summed E-state index contributed by atoms with van der Waals surface area (Å²) in [5, 5.41) is 9.25. The first-order valence-corrected chi connectivity index (χ1v) is 9.79. The number of hydrogen-bond donors (Lipinski definition) is 0. The molecule has 4 rings (SSSR count). The van der Waals surface area contributed by atoms with Gasteiger partial charge in [0.15, 0.2) is 10.9 Å². The van der Waals surface area contributed by atoms with Crippen LogP contribution in [0.3, 0.4) is 0 Å². The van der Waals surface area contributed by atoms with Gasteiger partial charge in [0.1, 0.15) is 5.75 Å². The zero-order valence-corrected chi connectivity index (χ0v) is 15.8. The standard InChI is InChI=1S/C19H20N4O3S/c1-25-15-8-6-14(7-9-15)23-18(16-5-4-12-26-16)20-21-19(23)27-13-17(24)22-10-2-3-11-22/h4-9,12H,2-3,10-11,13H2,1H3. The van der Waals surface area contributed by atoms with Crippen molar-refractivity contribution in [3.05, 3.63) is 42.7 Å². The first-order valence-electron chi connectivity index (χ1n) is 8.80. The summed E-state index contributed by atoms with van der Waals surface area (Å²) in [7, 11) is 1.63. The maximum Gasteiger partial charge on any atom is 0.233 e. The Labute approximate surface area is 161 Å². The van der Waals surface area contributed by atoms with E-state index in [1.807, 2.05) is 45.9 Å². The third-order valence-electron chi connectivity index (χ3n) is 4.49. The number of benzene rings is 1. The molecule has 8 heteroatoms. The van der Waals surface area contributed by atoms with E-state index in [1.165, 1.54) is 11.8 Å². The number of likely N-dealkylation sites (tertiary alicyclic amines) is 1. The van der Waals surface area contributed by atoms with E-state index in [0.717, 1.165) is 37.4 Å². The minimum Gasteiger partial charge on any atom is -0.497 e. The zero-order valence-electron chi connectivity index (χ0n) is 15.0. The van der Waals surface area contributed by atoms with Crippen molar-refractivity contribution in [3.8, 4) is 23.0 Å². The van der Waals surface area contributed by atoms with Gasteiger partial charge < -0.3 is 14.1 Å². The van der Waals surface area contributed by atoms with E-state index in [4.69, 9.17) is 9.15 Å². The molecule has 1 aliphatic rings. The van der Waals surface area contributed by atoms with E-state index < -0.39 is 0 Å². The summed E-state index contributed by atoms with van der Waals surface area (Å²) in [6, 6.07) is 11.3. The Bertz CT molecular complexity index is 900. The van der Waals surface area contributed by atoms with E-state index in [2.05, 4.69) is 10.2 Å². The number of rotatable bonds is 6. The third-order valence-corrected chi connectivity index (χ3v) is 5.40. The number of thioether (sulfide) groups is 1. The molecule has 0 radical (unpaired) electrons. The molecule has 0 unspecified atom stereocenters. The smallest absolute Gasteiger partial charge is 0.233 e. The number of ether oxygens (including phenoxy) is 1. The minimum atomic E-state index is 0.140. The molecule has 3 heterocycles. The number of hydrogen-bond acceptors (Lipinski definition) is 6. The van der Waals surface area contributed by atoms with Crippen LogP contribution in [0.5, 0.6) is 5.75 Å². The molecule has 1 aromatic carbocycles. The Morgan fingerprint density at radius 1 is 1.19 bits per heavy atom. The van der Waals surface area contributed by atoms with Crippen LogP contribution in [-0.4, -0.2) is 51.5 Å². The van der Waals surface area contributed by atoms with Crippen LogP contribution in [0, 0.1) is 0 Å². The van der Waals surface area contributed by atoms with Crippen LogP contribution in [-0.2, 0) is 4.79 Å². The third kappa shape index (κ3) is 3.71. The molecule has 0 N–H and O–H groups in total. The lowest BCUT2D eigenvalue weighted by atomic mass is 10.3. The molecular formula is C19H20N4O3S. The molecule has 7 nitrogen and oxygen atoms in total. The highest BCUT2D eigenvalue weighted by Crippen LogP contribution is 2.29. The Morgan fingerprint density at radius 2 is 1.96 bits per heavy atom. The molecule has 0 bridgehead atoms. The van der Waals surface area contributed by atoms with Crippen molar-refractivity contribution in [1.29, 1.82) is 0 Å². The number of nitrogens with zero attached hydrogens (tertiary/aromatic N) is 4. The van der Waals surface area contributed by atoms with Crippen LogP contribution < -0.4 is 4.74 Å². The van der Waals surface area contributed by atoms with Crippen molar-refractivity contribution in [2.24, 2.45) is 0 Å². The summed E-state index contributed by atoms with van der Waals surface area (Å²) < 4.78 is 12.7. The van der Waals surface area contributed by atoms with Gasteiger partial charge in [0.25, 0.3) is 0 Å². The van der Waals surface area contributed by atoms with Crippen molar-refractivity contribution in [2.45, 2.75) is 18.0 Å². The van der Waals surface area contributed by atoms with Crippen LogP contribution in [0.15, 0.2) is 52.2 Å². The minimum absolute atomic E-state index is 0.140. The molecule has 1 saturated heterocycles. The average molecular weight is 384 g/mol. The van der Waals surface area contributed by atoms with Gasteiger partial charge in [0.05, 0.1) is 24.8 Å². The van der Waals surface area contributed by atoms with E-state index >= 15 is 0 Å². The van der Waals surface area contributed by atoms with Crippen LogP contribution >= 0.6 is 11.8 Å². The second-order valence-electron chi connectivity index (χ2n) is 6.19. The number of amides is 1. The summed E-state index contributed by atoms with van der Waals surface area (Å²) in [5.74, 6) is 2.47. The fourth-order valence-corrected chi connectivity index (χ4v) is 3.93.